The van der Waals surface area contributed by atoms with Crippen LogP contribution in [0.15, 0.2) is 24.3 Å². The predicted octanol–water partition coefficient (Wildman–Crippen LogP) is 3.14. The number of carbonyl (C=O) groups is 1. The Morgan fingerprint density at radius 1 is 1.34 bits per heavy atom. The maximum absolute atomic E-state index is 13.0. The maximum Gasteiger partial charge on any atom is 0.416 e. The third kappa shape index (κ3) is 7.09. The topological polar surface area (TPSA) is 117 Å². The molecule has 11 heteroatoms. The summed E-state index contributed by atoms with van der Waals surface area (Å²) in [5.41, 5.74) is 5.07. The van der Waals surface area contributed by atoms with Gasteiger partial charge in [0.1, 0.15) is 6.07 Å². The van der Waals surface area contributed by atoms with Crippen LogP contribution in [-0.2, 0) is 17.4 Å². The molecule has 0 saturated carbocycles. The van der Waals surface area contributed by atoms with Gasteiger partial charge in [-0.1, -0.05) is 25.6 Å². The van der Waals surface area contributed by atoms with E-state index in [9.17, 15) is 23.2 Å². The molecule has 0 saturated heterocycles. The second-order valence-corrected chi connectivity index (χ2v) is 6.96. The van der Waals surface area contributed by atoms with Crippen LogP contribution in [0.1, 0.15) is 31.0 Å². The van der Waals surface area contributed by atoms with Gasteiger partial charge in [0.05, 0.1) is 18.2 Å². The number of carbonyl (C=O) groups excluding carboxylic acids is 1. The Bertz CT molecular complexity index is 973. The fourth-order valence-electron chi connectivity index (χ4n) is 2.84. The van der Waals surface area contributed by atoms with E-state index >= 15 is 0 Å². The van der Waals surface area contributed by atoms with Crippen LogP contribution in [0.4, 0.5) is 24.9 Å². The first-order valence-electron chi connectivity index (χ1n) is 9.35. The second kappa shape index (κ2) is 11.3. The standard InChI is InChI=1S/C20H23F3N6O2.CH4/c1-4-31-18-14(10-24)17(27-19(25)28-18)26-15(11-29(2)3)16(30)9-12-6-5-7-13(8-12)20(21,22)23;/h5-8,15H,4,9,11H2,1-3H3,(H3,25,26,27,28);1H4/t15-;/m0./s1. The van der Waals surface area contributed by atoms with E-state index in [1.165, 1.54) is 12.1 Å². The first kappa shape index (κ1) is 26.6. The number of Topliss-reactive ketones (excluding diaryl/α,β-unsaturated/α-hetero) is 1. The van der Waals surface area contributed by atoms with E-state index in [1.807, 2.05) is 6.07 Å². The van der Waals surface area contributed by atoms with Gasteiger partial charge in [-0.3, -0.25) is 4.79 Å². The first-order chi connectivity index (χ1) is 14.5. The maximum atomic E-state index is 13.0. The van der Waals surface area contributed by atoms with Crippen LogP contribution in [0.3, 0.4) is 0 Å². The zero-order valence-electron chi connectivity index (χ0n) is 17.3. The van der Waals surface area contributed by atoms with Crippen LogP contribution in [0.5, 0.6) is 5.88 Å². The summed E-state index contributed by atoms with van der Waals surface area (Å²) in [5, 5.41) is 12.4. The van der Waals surface area contributed by atoms with Crippen molar-refractivity contribution in [3.63, 3.8) is 0 Å². The molecule has 1 aromatic heterocycles. The highest BCUT2D eigenvalue weighted by molar-refractivity contribution is 5.89. The molecule has 2 rings (SSSR count). The van der Waals surface area contributed by atoms with Gasteiger partial charge >= 0.3 is 6.18 Å². The number of ether oxygens (including phenoxy) is 1. The van der Waals surface area contributed by atoms with Crippen molar-refractivity contribution in [2.45, 2.75) is 33.0 Å². The number of rotatable bonds is 9. The van der Waals surface area contributed by atoms with Crippen LogP contribution in [0.2, 0.25) is 0 Å². The summed E-state index contributed by atoms with van der Waals surface area (Å²) in [4.78, 5) is 22.6. The van der Waals surface area contributed by atoms with Crippen LogP contribution in [0.25, 0.3) is 0 Å². The second-order valence-electron chi connectivity index (χ2n) is 6.96. The summed E-state index contributed by atoms with van der Waals surface area (Å²) >= 11 is 0. The van der Waals surface area contributed by atoms with Gasteiger partial charge in [0.15, 0.2) is 17.2 Å². The first-order valence-corrected chi connectivity index (χ1v) is 9.35. The number of alkyl halides is 3. The normalized spacial score (nSPS) is 11.9. The molecular weight excluding hydrogens is 425 g/mol. The van der Waals surface area contributed by atoms with E-state index in [4.69, 9.17) is 10.5 Å². The molecule has 0 fully saturated rings. The molecule has 1 atom stereocenters. The third-order valence-electron chi connectivity index (χ3n) is 4.17. The van der Waals surface area contributed by atoms with Crippen molar-refractivity contribution >= 4 is 17.5 Å². The molecule has 0 bridgehead atoms. The number of benzene rings is 1. The molecular formula is C21H27F3N6O2. The fraction of sp³-hybridized carbons (Fsp3) is 0.429. The van der Waals surface area contributed by atoms with Gasteiger partial charge in [0.2, 0.25) is 11.8 Å². The van der Waals surface area contributed by atoms with E-state index in [1.54, 1.807) is 25.9 Å². The number of anilines is 2. The minimum atomic E-state index is -4.50. The predicted molar refractivity (Wildman–Crippen MR) is 115 cm³/mol. The van der Waals surface area contributed by atoms with Gasteiger partial charge in [0, 0.05) is 13.0 Å². The van der Waals surface area contributed by atoms with Crippen molar-refractivity contribution in [1.29, 1.82) is 5.26 Å². The van der Waals surface area contributed by atoms with Crippen molar-refractivity contribution < 1.29 is 22.7 Å². The molecule has 0 aliphatic rings. The Kier molecular flexibility index (Phi) is 9.40. The van der Waals surface area contributed by atoms with Gasteiger partial charge in [-0.15, -0.1) is 0 Å². The molecule has 1 heterocycles. The van der Waals surface area contributed by atoms with E-state index in [2.05, 4.69) is 15.3 Å². The number of nitrogens with two attached hydrogens (primary N) is 1. The molecule has 8 nitrogen and oxygen atoms in total. The van der Waals surface area contributed by atoms with Crippen molar-refractivity contribution in [3.8, 4) is 11.9 Å². The number of hydrogen-bond donors (Lipinski definition) is 2. The lowest BCUT2D eigenvalue weighted by Gasteiger charge is -2.23. The summed E-state index contributed by atoms with van der Waals surface area (Å²) in [7, 11) is 3.47. The number of halogens is 3. The lowest BCUT2D eigenvalue weighted by molar-refractivity contribution is -0.137. The molecule has 0 amide bonds. The highest BCUT2D eigenvalue weighted by atomic mass is 19.4. The van der Waals surface area contributed by atoms with Crippen LogP contribution >= 0.6 is 0 Å². The van der Waals surface area contributed by atoms with Crippen molar-refractivity contribution in [2.75, 3.05) is 38.3 Å². The minimum absolute atomic E-state index is 0. The number of hydrogen-bond acceptors (Lipinski definition) is 8. The molecule has 0 unspecified atom stereocenters. The highest BCUT2D eigenvalue weighted by Crippen LogP contribution is 2.30. The molecule has 0 spiro atoms. The molecule has 32 heavy (non-hydrogen) atoms. The Labute approximate surface area is 185 Å². The third-order valence-corrected chi connectivity index (χ3v) is 4.17. The fourth-order valence-corrected chi connectivity index (χ4v) is 2.84. The Balaban J connectivity index is 0.00000512. The number of nitrogens with zero attached hydrogens (tertiary/aromatic N) is 4. The van der Waals surface area contributed by atoms with E-state index < -0.39 is 17.8 Å². The molecule has 0 radical (unpaired) electrons. The van der Waals surface area contributed by atoms with Gasteiger partial charge in [-0.25, -0.2) is 0 Å². The number of ketones is 1. The highest BCUT2D eigenvalue weighted by Gasteiger charge is 2.31. The monoisotopic (exact) mass is 452 g/mol. The van der Waals surface area contributed by atoms with E-state index in [0.717, 1.165) is 12.1 Å². The molecule has 3 N–H and O–H groups in total. The number of aromatic nitrogens is 2. The Morgan fingerprint density at radius 2 is 2.03 bits per heavy atom. The van der Waals surface area contributed by atoms with Crippen LogP contribution in [0, 0.1) is 11.3 Å². The number of nitrogen functional groups attached to an aromatic ring is 1. The Hall–Kier alpha value is -3.39. The smallest absolute Gasteiger partial charge is 0.416 e. The van der Waals surface area contributed by atoms with Crippen LogP contribution in [-0.4, -0.2) is 53.9 Å². The quantitative estimate of drug-likeness (QED) is 0.596. The number of nitrogens with one attached hydrogen (secondary N) is 1. The summed E-state index contributed by atoms with van der Waals surface area (Å²) < 4.78 is 44.2. The van der Waals surface area contributed by atoms with Gasteiger partial charge in [0.25, 0.3) is 0 Å². The summed E-state index contributed by atoms with van der Waals surface area (Å²) in [6.45, 7) is 2.15. The van der Waals surface area contributed by atoms with E-state index in [-0.39, 0.29) is 61.6 Å². The van der Waals surface area contributed by atoms with Crippen LogP contribution < -0.4 is 15.8 Å². The molecule has 174 valence electrons. The van der Waals surface area contributed by atoms with Crippen molar-refractivity contribution in [2.24, 2.45) is 0 Å². The lowest BCUT2D eigenvalue weighted by Crippen LogP contribution is -2.40. The lowest BCUT2D eigenvalue weighted by atomic mass is 10.0. The average molecular weight is 452 g/mol. The number of nitriles is 1. The van der Waals surface area contributed by atoms with Gasteiger partial charge in [-0.05, 0) is 32.6 Å². The minimum Gasteiger partial charge on any atom is -0.477 e. The summed E-state index contributed by atoms with van der Waals surface area (Å²) in [6, 6.07) is 5.66. The van der Waals surface area contributed by atoms with Crippen molar-refractivity contribution in [1.82, 2.24) is 14.9 Å². The number of likely N-dealkylation sites (N-methyl/N-ethyl adjacent to an activating group) is 1. The average Bonchev–Trinajstić information content (AvgIpc) is 2.67. The zero-order chi connectivity index (χ0) is 23.2. The molecule has 1 aromatic carbocycles. The SMILES string of the molecule is C.CCOc1nc(N)nc(N[C@@H](CN(C)C)C(=O)Cc2cccc(C(F)(F)F)c2)c1C#N. The van der Waals surface area contributed by atoms with Gasteiger partial charge < -0.3 is 20.7 Å². The van der Waals surface area contributed by atoms with E-state index in [0.29, 0.717) is 0 Å². The summed E-state index contributed by atoms with van der Waals surface area (Å²) in [5.74, 6) is -0.539. The van der Waals surface area contributed by atoms with Crippen molar-refractivity contribution in [3.05, 3.63) is 41.0 Å². The Morgan fingerprint density at radius 3 is 2.59 bits per heavy atom. The van der Waals surface area contributed by atoms with Gasteiger partial charge in [-0.2, -0.15) is 28.4 Å². The molecule has 0 aliphatic carbocycles. The molecule has 2 aromatic rings. The summed E-state index contributed by atoms with van der Waals surface area (Å²) in [6.07, 6.45) is -4.74. The molecule has 0 aliphatic heterocycles. The largest absolute Gasteiger partial charge is 0.477 e. The zero-order valence-corrected chi connectivity index (χ0v) is 17.3.